The molecule has 0 aliphatic rings. The predicted octanol–water partition coefficient (Wildman–Crippen LogP) is 2.28. The number of benzene rings is 1. The van der Waals surface area contributed by atoms with Gasteiger partial charge in [0.1, 0.15) is 12.4 Å². The Kier molecular flexibility index (Phi) is 3.87. The highest BCUT2D eigenvalue weighted by atomic mass is 19.1. The number of carboxylic acid groups (broad SMARTS) is 1. The molecule has 1 heterocycles. The van der Waals surface area contributed by atoms with E-state index in [1.165, 1.54) is 36.8 Å². The third-order valence-corrected chi connectivity index (χ3v) is 2.21. The second-order valence-electron chi connectivity index (χ2n) is 3.57. The number of nitrogens with zero attached hydrogens (tertiary/aromatic N) is 2. The van der Waals surface area contributed by atoms with Gasteiger partial charge in [-0.2, -0.15) is 0 Å². The van der Waals surface area contributed by atoms with E-state index in [2.05, 4.69) is 15.3 Å². The topological polar surface area (TPSA) is 84.3 Å². The Morgan fingerprint density at radius 2 is 2.26 bits per heavy atom. The Hall–Kier alpha value is -2.70. The standard InChI is InChI=1S/C12H10FN3O3/c13-10-2-1-9(16-12(17)18)5-8(10)7-19-11-6-14-3-4-15-11/h1-6,16H,7H2,(H,17,18). The number of carbonyl (C=O) groups is 1. The highest BCUT2D eigenvalue weighted by Gasteiger charge is 2.07. The van der Waals surface area contributed by atoms with Crippen LogP contribution in [0.25, 0.3) is 0 Å². The molecule has 0 spiro atoms. The van der Waals surface area contributed by atoms with Gasteiger partial charge in [-0.15, -0.1) is 0 Å². The molecule has 2 aromatic rings. The van der Waals surface area contributed by atoms with E-state index < -0.39 is 11.9 Å². The first-order valence-electron chi connectivity index (χ1n) is 5.32. The van der Waals surface area contributed by atoms with Crippen LogP contribution in [0.5, 0.6) is 5.88 Å². The average Bonchev–Trinajstić information content (AvgIpc) is 2.40. The van der Waals surface area contributed by atoms with Crippen molar-refractivity contribution in [3.05, 3.63) is 48.2 Å². The zero-order chi connectivity index (χ0) is 13.7. The molecule has 1 aromatic heterocycles. The second-order valence-corrected chi connectivity index (χ2v) is 3.57. The van der Waals surface area contributed by atoms with Gasteiger partial charge in [-0.3, -0.25) is 10.3 Å². The van der Waals surface area contributed by atoms with Crippen LogP contribution in [0.3, 0.4) is 0 Å². The van der Waals surface area contributed by atoms with Crippen molar-refractivity contribution in [1.29, 1.82) is 0 Å². The van der Waals surface area contributed by atoms with Crippen LogP contribution in [-0.2, 0) is 6.61 Å². The number of halogens is 1. The van der Waals surface area contributed by atoms with Crippen LogP contribution in [0.15, 0.2) is 36.8 Å². The van der Waals surface area contributed by atoms with Crippen LogP contribution in [0.4, 0.5) is 14.9 Å². The summed E-state index contributed by atoms with van der Waals surface area (Å²) in [5, 5.41) is 10.7. The Balaban J connectivity index is 2.08. The summed E-state index contributed by atoms with van der Waals surface area (Å²) in [5.41, 5.74) is 0.489. The maximum absolute atomic E-state index is 13.5. The molecule has 1 aromatic carbocycles. The molecule has 6 nitrogen and oxygen atoms in total. The number of hydrogen-bond acceptors (Lipinski definition) is 4. The summed E-state index contributed by atoms with van der Waals surface area (Å²) in [4.78, 5) is 18.2. The third-order valence-electron chi connectivity index (χ3n) is 2.21. The molecule has 7 heteroatoms. The fourth-order valence-corrected chi connectivity index (χ4v) is 1.40. The van der Waals surface area contributed by atoms with Gasteiger partial charge in [-0.1, -0.05) is 0 Å². The molecule has 0 unspecified atom stereocenters. The summed E-state index contributed by atoms with van der Waals surface area (Å²) in [6, 6.07) is 3.86. The fourth-order valence-electron chi connectivity index (χ4n) is 1.40. The zero-order valence-electron chi connectivity index (χ0n) is 9.71. The van der Waals surface area contributed by atoms with Crippen molar-refractivity contribution < 1.29 is 19.0 Å². The van der Waals surface area contributed by atoms with Crippen LogP contribution in [0, 0.1) is 5.82 Å². The van der Waals surface area contributed by atoms with Gasteiger partial charge in [0.2, 0.25) is 5.88 Å². The number of ether oxygens (including phenoxy) is 1. The Morgan fingerprint density at radius 3 is 2.95 bits per heavy atom. The number of amides is 1. The van der Waals surface area contributed by atoms with E-state index in [-0.39, 0.29) is 23.7 Å². The molecule has 2 N–H and O–H groups in total. The molecule has 0 fully saturated rings. The second kappa shape index (κ2) is 5.76. The number of aromatic nitrogens is 2. The first-order valence-corrected chi connectivity index (χ1v) is 5.32. The van der Waals surface area contributed by atoms with Crippen molar-refractivity contribution in [2.45, 2.75) is 6.61 Å². The molecule has 19 heavy (non-hydrogen) atoms. The molecule has 2 rings (SSSR count). The van der Waals surface area contributed by atoms with Gasteiger partial charge in [0.05, 0.1) is 6.20 Å². The van der Waals surface area contributed by atoms with E-state index >= 15 is 0 Å². The molecule has 0 saturated carbocycles. The van der Waals surface area contributed by atoms with Crippen LogP contribution < -0.4 is 10.1 Å². The lowest BCUT2D eigenvalue weighted by molar-refractivity contribution is 0.209. The summed E-state index contributed by atoms with van der Waals surface area (Å²) in [6.45, 7) is -0.0698. The number of nitrogens with one attached hydrogen (secondary N) is 1. The number of anilines is 1. The van der Waals surface area contributed by atoms with Crippen molar-refractivity contribution in [2.75, 3.05) is 5.32 Å². The summed E-state index contributed by atoms with van der Waals surface area (Å²) in [6.07, 6.45) is 3.13. The van der Waals surface area contributed by atoms with E-state index in [1.54, 1.807) is 0 Å². The smallest absolute Gasteiger partial charge is 0.409 e. The lowest BCUT2D eigenvalue weighted by Gasteiger charge is -2.08. The first-order chi connectivity index (χ1) is 9.15. The van der Waals surface area contributed by atoms with Gasteiger partial charge < -0.3 is 9.84 Å². The van der Waals surface area contributed by atoms with Gasteiger partial charge in [-0.05, 0) is 18.2 Å². The molecular weight excluding hydrogens is 253 g/mol. The van der Waals surface area contributed by atoms with Crippen LogP contribution >= 0.6 is 0 Å². The maximum atomic E-state index is 13.5. The Labute approximate surface area is 107 Å². The summed E-state index contributed by atoms with van der Waals surface area (Å²) >= 11 is 0. The molecule has 0 aliphatic heterocycles. The van der Waals surface area contributed by atoms with E-state index in [1.807, 2.05) is 0 Å². The van der Waals surface area contributed by atoms with E-state index in [9.17, 15) is 9.18 Å². The van der Waals surface area contributed by atoms with Crippen molar-refractivity contribution in [1.82, 2.24) is 9.97 Å². The minimum absolute atomic E-state index is 0.0698. The Bertz CT molecular complexity index is 578. The Morgan fingerprint density at radius 1 is 1.42 bits per heavy atom. The summed E-state index contributed by atoms with van der Waals surface area (Å²) in [7, 11) is 0. The molecular formula is C12H10FN3O3. The van der Waals surface area contributed by atoms with E-state index in [0.717, 1.165) is 0 Å². The van der Waals surface area contributed by atoms with Crippen molar-refractivity contribution in [3.8, 4) is 5.88 Å². The molecule has 1 amide bonds. The SMILES string of the molecule is O=C(O)Nc1ccc(F)c(COc2cnccn2)c1. The normalized spacial score (nSPS) is 9.95. The maximum Gasteiger partial charge on any atom is 0.409 e. The fraction of sp³-hybridized carbons (Fsp3) is 0.0833. The van der Waals surface area contributed by atoms with E-state index in [4.69, 9.17) is 9.84 Å². The zero-order valence-corrected chi connectivity index (χ0v) is 9.71. The van der Waals surface area contributed by atoms with Gasteiger partial charge in [-0.25, -0.2) is 14.2 Å². The van der Waals surface area contributed by atoms with Gasteiger partial charge in [0.25, 0.3) is 0 Å². The average molecular weight is 263 g/mol. The van der Waals surface area contributed by atoms with Crippen LogP contribution in [0.2, 0.25) is 0 Å². The first kappa shape index (κ1) is 12.7. The van der Waals surface area contributed by atoms with Crippen molar-refractivity contribution in [3.63, 3.8) is 0 Å². The number of hydrogen-bond donors (Lipinski definition) is 2. The van der Waals surface area contributed by atoms with Crippen molar-refractivity contribution in [2.24, 2.45) is 0 Å². The molecule has 98 valence electrons. The molecule has 0 radical (unpaired) electrons. The summed E-state index contributed by atoms with van der Waals surface area (Å²) in [5.74, 6) is -0.224. The van der Waals surface area contributed by atoms with Crippen LogP contribution in [0.1, 0.15) is 5.56 Å². The van der Waals surface area contributed by atoms with Gasteiger partial charge in [0.15, 0.2) is 0 Å². The quantitative estimate of drug-likeness (QED) is 0.884. The highest BCUT2D eigenvalue weighted by Crippen LogP contribution is 2.16. The number of rotatable bonds is 4. The largest absolute Gasteiger partial charge is 0.472 e. The molecule has 0 bridgehead atoms. The lowest BCUT2D eigenvalue weighted by atomic mass is 10.2. The third kappa shape index (κ3) is 3.63. The minimum atomic E-state index is -1.22. The van der Waals surface area contributed by atoms with Gasteiger partial charge in [0, 0.05) is 23.6 Å². The van der Waals surface area contributed by atoms with E-state index in [0.29, 0.717) is 0 Å². The van der Waals surface area contributed by atoms with Gasteiger partial charge >= 0.3 is 6.09 Å². The highest BCUT2D eigenvalue weighted by molar-refractivity contribution is 5.82. The van der Waals surface area contributed by atoms with Crippen LogP contribution in [-0.4, -0.2) is 21.2 Å². The lowest BCUT2D eigenvalue weighted by Crippen LogP contribution is -2.08. The van der Waals surface area contributed by atoms with Crippen molar-refractivity contribution >= 4 is 11.8 Å². The molecule has 0 saturated heterocycles. The monoisotopic (exact) mass is 263 g/mol. The molecule has 0 atom stereocenters. The minimum Gasteiger partial charge on any atom is -0.472 e. The molecule has 0 aliphatic carbocycles. The summed E-state index contributed by atoms with van der Waals surface area (Å²) < 4.78 is 18.8. The predicted molar refractivity (Wildman–Crippen MR) is 64.4 cm³/mol.